The Labute approximate surface area is 155 Å². The van der Waals surface area contributed by atoms with Crippen LogP contribution in [0.15, 0.2) is 42.5 Å². The number of ether oxygens (including phenoxy) is 1. The number of esters is 1. The second-order valence-electron chi connectivity index (χ2n) is 6.47. The molecule has 1 aliphatic heterocycles. The highest BCUT2D eigenvalue weighted by atomic mass is 16.6. The van der Waals surface area contributed by atoms with Crippen LogP contribution in [0.1, 0.15) is 29.8 Å². The lowest BCUT2D eigenvalue weighted by Gasteiger charge is -2.25. The van der Waals surface area contributed by atoms with Crippen molar-refractivity contribution in [1.82, 2.24) is 0 Å². The molecule has 27 heavy (non-hydrogen) atoms. The van der Waals surface area contributed by atoms with Crippen LogP contribution in [-0.4, -0.2) is 28.9 Å². The van der Waals surface area contributed by atoms with Crippen molar-refractivity contribution >= 4 is 28.9 Å². The zero-order valence-corrected chi connectivity index (χ0v) is 14.9. The molecule has 0 radical (unpaired) electrons. The molecule has 0 aliphatic carbocycles. The van der Waals surface area contributed by atoms with E-state index in [1.807, 2.05) is 31.2 Å². The molecule has 0 fully saturated rings. The average molecular weight is 369 g/mol. The number of para-hydroxylation sites is 1. The van der Waals surface area contributed by atoms with E-state index in [0.29, 0.717) is 0 Å². The first-order valence-electron chi connectivity index (χ1n) is 8.45. The number of nitro benzene ring substituents is 1. The molecule has 3 rings (SSSR count). The first-order valence-corrected chi connectivity index (χ1v) is 8.45. The Balaban J connectivity index is 1.76. The van der Waals surface area contributed by atoms with E-state index in [0.717, 1.165) is 23.7 Å². The van der Waals surface area contributed by atoms with Crippen molar-refractivity contribution in [3.63, 3.8) is 0 Å². The van der Waals surface area contributed by atoms with Crippen molar-refractivity contribution in [3.05, 3.63) is 63.7 Å². The number of carbonyl (C=O) groups is 2. The van der Waals surface area contributed by atoms with Crippen LogP contribution >= 0.6 is 0 Å². The maximum Gasteiger partial charge on any atom is 0.339 e. The van der Waals surface area contributed by atoms with Gasteiger partial charge in [-0.15, -0.1) is 0 Å². The van der Waals surface area contributed by atoms with E-state index >= 15 is 0 Å². The lowest BCUT2D eigenvalue weighted by Crippen LogP contribution is -2.43. The first kappa shape index (κ1) is 18.4. The van der Waals surface area contributed by atoms with Gasteiger partial charge >= 0.3 is 5.97 Å². The van der Waals surface area contributed by atoms with Gasteiger partial charge in [-0.1, -0.05) is 18.2 Å². The number of fused-ring (bicyclic) bond motifs is 1. The molecule has 0 unspecified atom stereocenters. The van der Waals surface area contributed by atoms with Gasteiger partial charge in [0.15, 0.2) is 6.10 Å². The molecule has 0 spiro atoms. The van der Waals surface area contributed by atoms with E-state index in [1.54, 1.807) is 4.90 Å². The number of hydrogen-bond acceptors (Lipinski definition) is 6. The maximum absolute atomic E-state index is 12.8. The predicted molar refractivity (Wildman–Crippen MR) is 99.5 cm³/mol. The summed E-state index contributed by atoms with van der Waals surface area (Å²) in [5.41, 5.74) is 6.92. The van der Waals surface area contributed by atoms with E-state index in [1.165, 1.54) is 19.1 Å². The molecule has 1 aliphatic rings. The third-order valence-electron chi connectivity index (χ3n) is 4.54. The average Bonchev–Trinajstić information content (AvgIpc) is 2.96. The van der Waals surface area contributed by atoms with Crippen molar-refractivity contribution < 1.29 is 19.2 Å². The standard InChI is InChI=1S/C19H19N3O5/c1-11-9-13-5-3-4-6-16(13)21(11)18(23)12(2)27-19(24)14-7-8-15(20)17(10-14)22(25)26/h3-8,10-12H,9,20H2,1-2H3/t11-,12+/m1/s1. The van der Waals surface area contributed by atoms with Crippen LogP contribution in [0.5, 0.6) is 0 Å². The molecule has 8 nitrogen and oxygen atoms in total. The summed E-state index contributed by atoms with van der Waals surface area (Å²) in [6, 6.07) is 11.2. The monoisotopic (exact) mass is 369 g/mol. The van der Waals surface area contributed by atoms with E-state index in [2.05, 4.69) is 0 Å². The summed E-state index contributed by atoms with van der Waals surface area (Å²) in [4.78, 5) is 37.1. The normalized spacial score (nSPS) is 16.5. The fraction of sp³-hybridized carbons (Fsp3) is 0.263. The number of nitrogens with zero attached hydrogens (tertiary/aromatic N) is 2. The van der Waals surface area contributed by atoms with E-state index < -0.39 is 17.0 Å². The number of carbonyl (C=O) groups excluding carboxylic acids is 2. The van der Waals surface area contributed by atoms with E-state index in [-0.39, 0.29) is 28.9 Å². The summed E-state index contributed by atoms with van der Waals surface area (Å²) < 4.78 is 5.26. The molecule has 2 aromatic rings. The Hall–Kier alpha value is -3.42. The molecule has 2 atom stereocenters. The van der Waals surface area contributed by atoms with Gasteiger partial charge in [-0.05, 0) is 44.0 Å². The minimum absolute atomic E-state index is 0.0366. The lowest BCUT2D eigenvalue weighted by atomic mass is 10.1. The zero-order chi connectivity index (χ0) is 19.7. The molecule has 8 heteroatoms. The maximum atomic E-state index is 12.8. The fourth-order valence-electron chi connectivity index (χ4n) is 3.20. The Bertz CT molecular complexity index is 927. The summed E-state index contributed by atoms with van der Waals surface area (Å²) in [5, 5.41) is 11.0. The van der Waals surface area contributed by atoms with E-state index in [4.69, 9.17) is 10.5 Å². The number of rotatable bonds is 4. The van der Waals surface area contributed by atoms with E-state index in [9.17, 15) is 19.7 Å². The molecule has 0 saturated carbocycles. The SMILES string of the molecule is C[C@H](OC(=O)c1ccc(N)c([N+](=O)[O-])c1)C(=O)N1c2ccccc2C[C@H]1C. The Kier molecular flexibility index (Phi) is 4.81. The third kappa shape index (κ3) is 3.46. The highest BCUT2D eigenvalue weighted by molar-refractivity contribution is 6.01. The lowest BCUT2D eigenvalue weighted by molar-refractivity contribution is -0.383. The summed E-state index contributed by atoms with van der Waals surface area (Å²) in [5.74, 6) is -1.16. The second kappa shape index (κ2) is 7.06. The van der Waals surface area contributed by atoms with Gasteiger partial charge in [-0.25, -0.2) is 4.79 Å². The van der Waals surface area contributed by atoms with Crippen LogP contribution < -0.4 is 10.6 Å². The van der Waals surface area contributed by atoms with Gasteiger partial charge in [0.2, 0.25) is 0 Å². The zero-order valence-electron chi connectivity index (χ0n) is 14.9. The van der Waals surface area contributed by atoms with Crippen LogP contribution in [0.4, 0.5) is 17.1 Å². The third-order valence-corrected chi connectivity index (χ3v) is 4.54. The van der Waals surface area contributed by atoms with Gasteiger partial charge in [0, 0.05) is 17.8 Å². The molecule has 0 bridgehead atoms. The van der Waals surface area contributed by atoms with Gasteiger partial charge in [-0.3, -0.25) is 14.9 Å². The quantitative estimate of drug-likeness (QED) is 0.383. The second-order valence-corrected chi connectivity index (χ2v) is 6.47. The molecule has 0 saturated heterocycles. The Morgan fingerprint density at radius 3 is 2.70 bits per heavy atom. The molecule has 1 heterocycles. The van der Waals surface area contributed by atoms with Crippen molar-refractivity contribution in [2.75, 3.05) is 10.6 Å². The van der Waals surface area contributed by atoms with Gasteiger partial charge in [0.1, 0.15) is 5.69 Å². The van der Waals surface area contributed by atoms with Crippen LogP contribution in [0.25, 0.3) is 0 Å². The van der Waals surface area contributed by atoms with Crippen LogP contribution in [0, 0.1) is 10.1 Å². The van der Waals surface area contributed by atoms with Crippen molar-refractivity contribution in [1.29, 1.82) is 0 Å². The Morgan fingerprint density at radius 2 is 2.00 bits per heavy atom. The van der Waals surface area contributed by atoms with Crippen LogP contribution in [0.3, 0.4) is 0 Å². The van der Waals surface area contributed by atoms with Gasteiger partial charge in [0.25, 0.3) is 11.6 Å². The molecule has 1 amide bonds. The molecule has 140 valence electrons. The minimum Gasteiger partial charge on any atom is -0.449 e. The minimum atomic E-state index is -1.04. The summed E-state index contributed by atoms with van der Waals surface area (Å²) in [6.45, 7) is 3.41. The largest absolute Gasteiger partial charge is 0.449 e. The summed E-state index contributed by atoms with van der Waals surface area (Å²) in [6.07, 6.45) is -0.310. The van der Waals surface area contributed by atoms with Crippen molar-refractivity contribution in [2.24, 2.45) is 0 Å². The highest BCUT2D eigenvalue weighted by Crippen LogP contribution is 2.32. The highest BCUT2D eigenvalue weighted by Gasteiger charge is 2.34. The number of nitrogen functional groups attached to an aromatic ring is 1. The summed E-state index contributed by atoms with van der Waals surface area (Å²) in [7, 11) is 0. The molecule has 0 aromatic heterocycles. The number of benzene rings is 2. The topological polar surface area (TPSA) is 116 Å². The molecular formula is C19H19N3O5. The number of hydrogen-bond donors (Lipinski definition) is 1. The number of nitro groups is 1. The smallest absolute Gasteiger partial charge is 0.339 e. The van der Waals surface area contributed by atoms with Gasteiger partial charge < -0.3 is 15.4 Å². The van der Waals surface area contributed by atoms with Crippen LogP contribution in [-0.2, 0) is 16.0 Å². The molecule has 2 N–H and O–H groups in total. The Morgan fingerprint density at radius 1 is 1.30 bits per heavy atom. The summed E-state index contributed by atoms with van der Waals surface area (Å²) >= 11 is 0. The van der Waals surface area contributed by atoms with Gasteiger partial charge in [0.05, 0.1) is 10.5 Å². The molecule has 2 aromatic carbocycles. The van der Waals surface area contributed by atoms with Crippen LogP contribution in [0.2, 0.25) is 0 Å². The van der Waals surface area contributed by atoms with Gasteiger partial charge in [-0.2, -0.15) is 0 Å². The van der Waals surface area contributed by atoms with Crippen molar-refractivity contribution in [2.45, 2.75) is 32.4 Å². The number of nitrogens with two attached hydrogens (primary N) is 1. The first-order chi connectivity index (χ1) is 12.8. The van der Waals surface area contributed by atoms with Crippen molar-refractivity contribution in [3.8, 4) is 0 Å². The predicted octanol–water partition coefficient (Wildman–Crippen LogP) is 2.70. The number of anilines is 2. The molecular weight excluding hydrogens is 350 g/mol. The number of amides is 1. The fourth-order valence-corrected chi connectivity index (χ4v) is 3.20.